The van der Waals surface area contributed by atoms with Gasteiger partial charge in [-0.1, -0.05) is 6.58 Å². The fraction of sp³-hybridized carbons (Fsp3) is 0.769. The van der Waals surface area contributed by atoms with E-state index in [4.69, 9.17) is 13.6 Å². The Morgan fingerprint density at radius 2 is 1.60 bits per heavy atom. The fourth-order valence-corrected chi connectivity index (χ4v) is 9.03. The highest BCUT2D eigenvalue weighted by Gasteiger charge is 2.35. The van der Waals surface area contributed by atoms with Crippen LogP contribution in [0.3, 0.4) is 0 Å². The Balaban J connectivity index is 4.54. The molecule has 0 aliphatic carbocycles. The topological polar surface area (TPSA) is 44.8 Å². The lowest BCUT2D eigenvalue weighted by Gasteiger charge is -2.41. The highest BCUT2D eigenvalue weighted by molar-refractivity contribution is 6.71. The van der Waals surface area contributed by atoms with Gasteiger partial charge in [0.05, 0.1) is 16.8 Å². The van der Waals surface area contributed by atoms with Crippen molar-refractivity contribution in [2.45, 2.75) is 57.5 Å². The van der Waals surface area contributed by atoms with Crippen LogP contribution in [0.25, 0.3) is 0 Å². The Bertz CT molecular complexity index is 315. The molecule has 0 fully saturated rings. The van der Waals surface area contributed by atoms with Gasteiger partial charge in [-0.05, 0) is 52.1 Å². The molecule has 0 aromatic heterocycles. The summed E-state index contributed by atoms with van der Waals surface area (Å²) in [5, 5.41) is 0. The van der Waals surface area contributed by atoms with Gasteiger partial charge in [0, 0.05) is 6.08 Å². The minimum Gasteiger partial charge on any atom is -0.463 e. The molecule has 0 N–H and O–H groups in total. The van der Waals surface area contributed by atoms with Crippen LogP contribution in [0.4, 0.5) is 0 Å². The van der Waals surface area contributed by atoms with E-state index in [1.807, 2.05) is 0 Å². The van der Waals surface area contributed by atoms with E-state index in [1.54, 1.807) is 0 Å². The second kappa shape index (κ2) is 7.69. The number of carbonyl (C=O) groups is 1. The number of esters is 1. The molecule has 0 rings (SSSR count). The molecule has 0 unspecified atom stereocenters. The molecule has 0 aliphatic heterocycles. The zero-order valence-corrected chi connectivity index (χ0v) is 18.0. The van der Waals surface area contributed by atoms with Crippen molar-refractivity contribution in [2.24, 2.45) is 0 Å². The first-order valence-electron chi connectivity index (χ1n) is 7.06. The molecule has 0 aromatic carbocycles. The molecular weight excluding hydrogens is 304 g/mol. The SMILES string of the molecule is C=CC(=O)OCCCC([SiH3])(O[Si](C)(C)C)O[Si](C)(C)C. The third-order valence-corrected chi connectivity index (χ3v) is 6.04. The average Bonchev–Trinajstić information content (AvgIpc) is 2.18. The van der Waals surface area contributed by atoms with Crippen LogP contribution in [0.5, 0.6) is 0 Å². The molecule has 118 valence electrons. The van der Waals surface area contributed by atoms with Crippen molar-refractivity contribution >= 4 is 32.8 Å². The highest BCUT2D eigenvalue weighted by Crippen LogP contribution is 2.26. The molecule has 0 atom stereocenters. The van der Waals surface area contributed by atoms with Gasteiger partial charge in [0.1, 0.15) is 5.41 Å². The van der Waals surface area contributed by atoms with Crippen molar-refractivity contribution in [1.29, 1.82) is 0 Å². The summed E-state index contributed by atoms with van der Waals surface area (Å²) in [5.74, 6) is -0.374. The molecule has 7 heteroatoms. The lowest BCUT2D eigenvalue weighted by atomic mass is 10.3. The lowest BCUT2D eigenvalue weighted by Crippen LogP contribution is -2.50. The zero-order valence-electron chi connectivity index (χ0n) is 14.0. The minimum absolute atomic E-state index is 0.374. The van der Waals surface area contributed by atoms with Gasteiger partial charge >= 0.3 is 5.97 Å². The maximum Gasteiger partial charge on any atom is 0.330 e. The van der Waals surface area contributed by atoms with Crippen LogP contribution in [-0.2, 0) is 18.4 Å². The summed E-state index contributed by atoms with van der Waals surface area (Å²) >= 11 is 0. The third kappa shape index (κ3) is 10.6. The predicted octanol–water partition coefficient (Wildman–Crippen LogP) is 2.22. The fourth-order valence-electron chi connectivity index (χ4n) is 2.04. The summed E-state index contributed by atoms with van der Waals surface area (Å²) < 4.78 is 17.6. The van der Waals surface area contributed by atoms with E-state index in [1.165, 1.54) is 6.08 Å². The normalized spacial score (nSPS) is 13.3. The largest absolute Gasteiger partial charge is 0.463 e. The quantitative estimate of drug-likeness (QED) is 0.213. The first-order chi connectivity index (χ1) is 8.87. The van der Waals surface area contributed by atoms with Crippen LogP contribution < -0.4 is 0 Å². The predicted molar refractivity (Wildman–Crippen MR) is 91.9 cm³/mol. The van der Waals surface area contributed by atoms with Gasteiger partial charge in [0.2, 0.25) is 0 Å². The first kappa shape index (κ1) is 19.8. The number of ether oxygens (including phenoxy) is 1. The minimum atomic E-state index is -1.67. The van der Waals surface area contributed by atoms with Gasteiger partial charge in [-0.2, -0.15) is 0 Å². The molecule has 0 amide bonds. The van der Waals surface area contributed by atoms with Gasteiger partial charge in [0.15, 0.2) is 16.6 Å². The van der Waals surface area contributed by atoms with Crippen LogP contribution in [-0.4, -0.2) is 44.9 Å². The Kier molecular flexibility index (Phi) is 7.61. The van der Waals surface area contributed by atoms with Crippen LogP contribution in [0.1, 0.15) is 12.8 Å². The molecule has 0 saturated heterocycles. The molecule has 0 bridgehead atoms. The second-order valence-corrected chi connectivity index (χ2v) is 17.4. The van der Waals surface area contributed by atoms with Crippen molar-refractivity contribution in [2.75, 3.05) is 6.61 Å². The summed E-state index contributed by atoms with van der Waals surface area (Å²) in [6.45, 7) is 16.8. The van der Waals surface area contributed by atoms with Crippen molar-refractivity contribution in [1.82, 2.24) is 0 Å². The summed E-state index contributed by atoms with van der Waals surface area (Å²) in [6, 6.07) is 0. The number of carbonyl (C=O) groups excluding carboxylic acids is 1. The molecule has 0 radical (unpaired) electrons. The number of hydrogen-bond donors (Lipinski definition) is 0. The van der Waals surface area contributed by atoms with Gasteiger partial charge in [-0.3, -0.25) is 0 Å². The van der Waals surface area contributed by atoms with Crippen molar-refractivity contribution in [3.63, 3.8) is 0 Å². The maximum absolute atomic E-state index is 11.0. The summed E-state index contributed by atoms with van der Waals surface area (Å²) in [5.41, 5.74) is -0.449. The van der Waals surface area contributed by atoms with Crippen molar-refractivity contribution < 1.29 is 18.4 Å². The Hall–Kier alpha value is -0.219. The van der Waals surface area contributed by atoms with Crippen LogP contribution in [0.2, 0.25) is 39.3 Å². The summed E-state index contributed by atoms with van der Waals surface area (Å²) in [7, 11) is -2.54. The summed E-state index contributed by atoms with van der Waals surface area (Å²) in [6.07, 6.45) is 2.71. The third-order valence-electron chi connectivity index (χ3n) is 2.23. The smallest absolute Gasteiger partial charge is 0.330 e. The highest BCUT2D eigenvalue weighted by atomic mass is 28.4. The van der Waals surface area contributed by atoms with Crippen molar-refractivity contribution in [3.05, 3.63) is 12.7 Å². The Morgan fingerprint density at radius 1 is 1.15 bits per heavy atom. The number of rotatable bonds is 9. The molecule has 4 nitrogen and oxygen atoms in total. The van der Waals surface area contributed by atoms with Gasteiger partial charge < -0.3 is 13.6 Å². The van der Waals surface area contributed by atoms with E-state index in [0.29, 0.717) is 6.61 Å². The molecule has 0 spiro atoms. The molecule has 0 heterocycles. The molecular formula is C13H30O4Si3. The molecule has 20 heavy (non-hydrogen) atoms. The standard InChI is InChI=1S/C13H30O4Si3/c1-8-12(14)15-11-9-10-13(18,16-19(2,3)4)17-20(5,6)7/h8H,1,9-11H2,2-7,18H3. The van der Waals surface area contributed by atoms with Crippen LogP contribution in [0.15, 0.2) is 12.7 Å². The molecule has 0 saturated carbocycles. The lowest BCUT2D eigenvalue weighted by molar-refractivity contribution is -0.138. The Morgan fingerprint density at radius 3 is 1.95 bits per heavy atom. The Labute approximate surface area is 128 Å². The second-order valence-electron chi connectivity index (χ2n) is 7.04. The van der Waals surface area contributed by atoms with E-state index < -0.39 is 22.0 Å². The van der Waals surface area contributed by atoms with Gasteiger partial charge in [0.25, 0.3) is 0 Å². The van der Waals surface area contributed by atoms with E-state index in [2.05, 4.69) is 45.9 Å². The van der Waals surface area contributed by atoms with E-state index >= 15 is 0 Å². The monoisotopic (exact) mass is 334 g/mol. The summed E-state index contributed by atoms with van der Waals surface area (Å²) in [4.78, 5) is 11.0. The number of hydrogen-bond acceptors (Lipinski definition) is 4. The van der Waals surface area contributed by atoms with Crippen LogP contribution in [0, 0.1) is 0 Å². The molecule has 0 aromatic rings. The first-order valence-corrected chi connectivity index (χ1v) is 14.9. The zero-order chi connectivity index (χ0) is 16.0. The van der Waals surface area contributed by atoms with E-state index in [9.17, 15) is 4.79 Å². The van der Waals surface area contributed by atoms with Gasteiger partial charge in [-0.15, -0.1) is 0 Å². The van der Waals surface area contributed by atoms with Crippen molar-refractivity contribution in [3.8, 4) is 0 Å². The van der Waals surface area contributed by atoms with E-state index in [0.717, 1.165) is 23.1 Å². The average molecular weight is 335 g/mol. The molecule has 0 aliphatic rings. The van der Waals surface area contributed by atoms with Gasteiger partial charge in [-0.25, -0.2) is 4.79 Å². The van der Waals surface area contributed by atoms with E-state index in [-0.39, 0.29) is 5.97 Å². The van der Waals surface area contributed by atoms with Crippen LogP contribution >= 0.6 is 0 Å². The maximum atomic E-state index is 11.0.